The average Bonchev–Trinajstić information content (AvgIpc) is 2.72. The Hall–Kier alpha value is -1.74. The molecule has 0 fully saturated rings. The van der Waals surface area contributed by atoms with Crippen LogP contribution >= 0.6 is 11.6 Å². The van der Waals surface area contributed by atoms with Crippen LogP contribution in [0.4, 0.5) is 0 Å². The number of hydrogen-bond acceptors (Lipinski definition) is 1. The van der Waals surface area contributed by atoms with Crippen molar-refractivity contribution >= 4 is 17.6 Å². The molecular formula is C14H14ClNO2. The highest BCUT2D eigenvalue weighted by Crippen LogP contribution is 2.23. The van der Waals surface area contributed by atoms with Gasteiger partial charge in [-0.3, -0.25) is 0 Å². The Bertz CT molecular complexity index is 575. The molecule has 3 nitrogen and oxygen atoms in total. The fourth-order valence-corrected chi connectivity index (χ4v) is 2.22. The average molecular weight is 264 g/mol. The third-order valence-corrected chi connectivity index (χ3v) is 2.98. The van der Waals surface area contributed by atoms with Gasteiger partial charge in [-0.15, -0.1) is 0 Å². The van der Waals surface area contributed by atoms with Gasteiger partial charge in [0.05, 0.1) is 5.02 Å². The first kappa shape index (κ1) is 12.7. The summed E-state index contributed by atoms with van der Waals surface area (Å²) in [4.78, 5) is 11.2. The maximum absolute atomic E-state index is 11.2. The maximum atomic E-state index is 11.2. The van der Waals surface area contributed by atoms with Crippen LogP contribution in [-0.2, 0) is 6.42 Å². The largest absolute Gasteiger partial charge is 0.477 e. The molecule has 94 valence electrons. The number of nitrogens with zero attached hydrogens (tertiary/aromatic N) is 1. The van der Waals surface area contributed by atoms with Crippen molar-refractivity contribution in [2.45, 2.75) is 19.8 Å². The van der Waals surface area contributed by atoms with Crippen molar-refractivity contribution in [3.8, 4) is 5.69 Å². The number of benzene rings is 1. The highest BCUT2D eigenvalue weighted by Gasteiger charge is 2.14. The summed E-state index contributed by atoms with van der Waals surface area (Å²) in [6.45, 7) is 2.09. The monoisotopic (exact) mass is 263 g/mol. The zero-order valence-corrected chi connectivity index (χ0v) is 10.8. The van der Waals surface area contributed by atoms with Crippen molar-refractivity contribution in [1.29, 1.82) is 0 Å². The quantitative estimate of drug-likeness (QED) is 0.912. The first-order valence-electron chi connectivity index (χ1n) is 5.83. The van der Waals surface area contributed by atoms with Gasteiger partial charge in [0.15, 0.2) is 0 Å². The highest BCUT2D eigenvalue weighted by molar-refractivity contribution is 6.31. The van der Waals surface area contributed by atoms with Crippen molar-refractivity contribution in [3.63, 3.8) is 0 Å². The molecule has 1 heterocycles. The van der Waals surface area contributed by atoms with Crippen molar-refractivity contribution in [2.24, 2.45) is 0 Å². The van der Waals surface area contributed by atoms with Crippen LogP contribution < -0.4 is 0 Å². The lowest BCUT2D eigenvalue weighted by molar-refractivity contribution is 0.0688. The van der Waals surface area contributed by atoms with Gasteiger partial charge >= 0.3 is 5.97 Å². The van der Waals surface area contributed by atoms with Crippen LogP contribution in [0.5, 0.6) is 0 Å². The second-order valence-electron chi connectivity index (χ2n) is 4.10. The van der Waals surface area contributed by atoms with Gasteiger partial charge in [-0.1, -0.05) is 43.1 Å². The minimum atomic E-state index is -0.979. The van der Waals surface area contributed by atoms with Crippen molar-refractivity contribution in [2.75, 3.05) is 0 Å². The Balaban J connectivity index is 2.58. The van der Waals surface area contributed by atoms with Gasteiger partial charge in [-0.2, -0.15) is 0 Å². The topological polar surface area (TPSA) is 42.2 Å². The van der Waals surface area contributed by atoms with E-state index in [1.54, 1.807) is 10.8 Å². The minimum Gasteiger partial charge on any atom is -0.477 e. The van der Waals surface area contributed by atoms with E-state index in [-0.39, 0.29) is 5.69 Å². The van der Waals surface area contributed by atoms with Gasteiger partial charge < -0.3 is 9.67 Å². The van der Waals surface area contributed by atoms with E-state index in [1.165, 1.54) is 6.07 Å². The van der Waals surface area contributed by atoms with E-state index in [2.05, 4.69) is 6.92 Å². The number of rotatable bonds is 4. The minimum absolute atomic E-state index is 0.184. The van der Waals surface area contributed by atoms with Crippen LogP contribution in [0.2, 0.25) is 5.02 Å². The van der Waals surface area contributed by atoms with Crippen LogP contribution in [0, 0.1) is 0 Å². The molecule has 0 aliphatic carbocycles. The Morgan fingerprint density at radius 3 is 2.78 bits per heavy atom. The molecule has 0 saturated heterocycles. The first-order chi connectivity index (χ1) is 8.63. The maximum Gasteiger partial charge on any atom is 0.352 e. The van der Waals surface area contributed by atoms with E-state index < -0.39 is 5.97 Å². The van der Waals surface area contributed by atoms with E-state index in [4.69, 9.17) is 11.6 Å². The third kappa shape index (κ3) is 2.41. The lowest BCUT2D eigenvalue weighted by Gasteiger charge is -2.11. The number of carboxylic acids is 1. The predicted molar refractivity (Wildman–Crippen MR) is 71.7 cm³/mol. The third-order valence-electron chi connectivity index (χ3n) is 2.78. The van der Waals surface area contributed by atoms with Gasteiger partial charge in [-0.25, -0.2) is 4.79 Å². The molecule has 0 atom stereocenters. The zero-order valence-electron chi connectivity index (χ0n) is 10.1. The number of carboxylic acid groups (broad SMARTS) is 1. The number of aromatic carboxylic acids is 1. The summed E-state index contributed by atoms with van der Waals surface area (Å²) in [6, 6.07) is 9.24. The molecule has 4 heteroatoms. The van der Waals surface area contributed by atoms with E-state index in [0.717, 1.165) is 24.1 Å². The second-order valence-corrected chi connectivity index (χ2v) is 4.53. The van der Waals surface area contributed by atoms with Crippen molar-refractivity contribution < 1.29 is 9.90 Å². The molecule has 18 heavy (non-hydrogen) atoms. The summed E-state index contributed by atoms with van der Waals surface area (Å²) < 4.78 is 1.63. The van der Waals surface area contributed by atoms with E-state index in [1.807, 2.05) is 24.3 Å². The number of aryl methyl sites for hydroxylation is 1. The Morgan fingerprint density at radius 2 is 2.11 bits per heavy atom. The molecule has 2 aromatic rings. The lowest BCUT2D eigenvalue weighted by Crippen LogP contribution is -2.07. The number of halogens is 1. The normalized spacial score (nSPS) is 10.6. The van der Waals surface area contributed by atoms with Gasteiger partial charge in [0.1, 0.15) is 5.69 Å². The smallest absolute Gasteiger partial charge is 0.352 e. The molecule has 1 aromatic carbocycles. The lowest BCUT2D eigenvalue weighted by atomic mass is 10.1. The molecule has 0 aliphatic rings. The zero-order chi connectivity index (χ0) is 13.1. The van der Waals surface area contributed by atoms with Crippen LogP contribution in [0.15, 0.2) is 36.5 Å². The molecule has 0 amide bonds. The van der Waals surface area contributed by atoms with E-state index in [9.17, 15) is 9.90 Å². The van der Waals surface area contributed by atoms with Gasteiger partial charge in [0.25, 0.3) is 0 Å². The molecule has 2 rings (SSSR count). The van der Waals surface area contributed by atoms with Crippen LogP contribution in [-0.4, -0.2) is 15.6 Å². The number of aromatic nitrogens is 1. The second kappa shape index (κ2) is 5.27. The Kier molecular flexibility index (Phi) is 3.72. The molecule has 0 unspecified atom stereocenters. The number of carbonyl (C=O) groups is 1. The molecule has 0 aliphatic heterocycles. The Labute approximate surface area is 111 Å². The molecule has 0 radical (unpaired) electrons. The van der Waals surface area contributed by atoms with Gasteiger partial charge in [0.2, 0.25) is 0 Å². The van der Waals surface area contributed by atoms with E-state index in [0.29, 0.717) is 5.02 Å². The SMILES string of the molecule is CCCc1ccccc1-n1cc(Cl)cc1C(=O)O. The molecule has 0 spiro atoms. The predicted octanol–water partition coefficient (Wildman–Crippen LogP) is 3.78. The fourth-order valence-electron chi connectivity index (χ4n) is 2.02. The van der Waals surface area contributed by atoms with Crippen LogP contribution in [0.3, 0.4) is 0 Å². The number of para-hydroxylation sites is 1. The summed E-state index contributed by atoms with van der Waals surface area (Å²) in [7, 11) is 0. The molecule has 1 N–H and O–H groups in total. The fraction of sp³-hybridized carbons (Fsp3) is 0.214. The van der Waals surface area contributed by atoms with E-state index >= 15 is 0 Å². The highest BCUT2D eigenvalue weighted by atomic mass is 35.5. The van der Waals surface area contributed by atoms with Gasteiger partial charge in [-0.05, 0) is 24.1 Å². The van der Waals surface area contributed by atoms with Gasteiger partial charge in [0, 0.05) is 11.9 Å². The summed E-state index contributed by atoms with van der Waals surface area (Å²) >= 11 is 5.90. The Morgan fingerprint density at radius 1 is 1.39 bits per heavy atom. The molecule has 1 aromatic heterocycles. The van der Waals surface area contributed by atoms with Crippen LogP contribution in [0.25, 0.3) is 5.69 Å². The number of hydrogen-bond donors (Lipinski definition) is 1. The summed E-state index contributed by atoms with van der Waals surface area (Å²) in [5.74, 6) is -0.979. The summed E-state index contributed by atoms with van der Waals surface area (Å²) in [5.41, 5.74) is 2.18. The molecule has 0 bridgehead atoms. The molecule has 0 saturated carbocycles. The van der Waals surface area contributed by atoms with Crippen LogP contribution in [0.1, 0.15) is 29.4 Å². The van der Waals surface area contributed by atoms with Crippen molar-refractivity contribution in [3.05, 3.63) is 52.8 Å². The van der Waals surface area contributed by atoms with Crippen molar-refractivity contribution in [1.82, 2.24) is 4.57 Å². The molecular weight excluding hydrogens is 250 g/mol. The first-order valence-corrected chi connectivity index (χ1v) is 6.20. The standard InChI is InChI=1S/C14H14ClNO2/c1-2-5-10-6-3-4-7-12(10)16-9-11(15)8-13(16)14(17)18/h3-4,6-9H,2,5H2,1H3,(H,17,18). The summed E-state index contributed by atoms with van der Waals surface area (Å²) in [5, 5.41) is 9.61. The summed E-state index contributed by atoms with van der Waals surface area (Å²) in [6.07, 6.45) is 3.55.